The molecule has 0 aliphatic rings. The zero-order valence-corrected chi connectivity index (χ0v) is 10.3. The van der Waals surface area contributed by atoms with E-state index >= 15 is 0 Å². The molecule has 1 N–H and O–H groups in total. The Labute approximate surface area is 106 Å². The minimum Gasteiger partial charge on any atom is -0.449 e. The lowest BCUT2D eigenvalue weighted by Gasteiger charge is -2.02. The number of aromatic nitrogens is 2. The van der Waals surface area contributed by atoms with E-state index in [0.717, 1.165) is 4.57 Å². The molecule has 1 heterocycles. The maximum absolute atomic E-state index is 11.6. The third kappa shape index (κ3) is 2.03. The first-order valence-electron chi connectivity index (χ1n) is 4.81. The second kappa shape index (κ2) is 4.43. The molecule has 0 aliphatic carbocycles. The first-order valence-corrected chi connectivity index (χ1v) is 5.57. The van der Waals surface area contributed by atoms with E-state index in [9.17, 15) is 9.59 Å². The third-order valence-corrected chi connectivity index (χ3v) is 2.68. The predicted octanol–water partition coefficient (Wildman–Crippen LogP) is 2.64. The average molecular weight is 275 g/mol. The molecule has 0 spiro atoms. The second-order valence-corrected chi connectivity index (χ2v) is 4.09. The Balaban J connectivity index is 2.75. The summed E-state index contributed by atoms with van der Waals surface area (Å²) in [5, 5.41) is 0.604. The van der Waals surface area contributed by atoms with E-state index in [2.05, 4.69) is 4.98 Å². The number of H-pyrrole nitrogens is 1. The number of nitrogens with zero attached hydrogens (tertiary/aromatic N) is 1. The number of nitrogens with one attached hydrogen (secondary N) is 1. The number of imidazole rings is 1. The molecule has 0 saturated carbocycles. The maximum atomic E-state index is 11.6. The molecule has 0 bridgehead atoms. The van der Waals surface area contributed by atoms with E-state index < -0.39 is 11.8 Å². The zero-order chi connectivity index (χ0) is 12.6. The van der Waals surface area contributed by atoms with E-state index in [4.69, 9.17) is 27.9 Å². The van der Waals surface area contributed by atoms with Crippen LogP contribution in [0.4, 0.5) is 4.79 Å². The number of carbonyl (C=O) groups excluding carboxylic acids is 1. The van der Waals surface area contributed by atoms with Crippen molar-refractivity contribution in [2.45, 2.75) is 6.92 Å². The van der Waals surface area contributed by atoms with Crippen LogP contribution in [-0.2, 0) is 4.74 Å². The van der Waals surface area contributed by atoms with Crippen LogP contribution in [0.15, 0.2) is 16.9 Å². The molecule has 1 aromatic carbocycles. The highest BCUT2D eigenvalue weighted by Crippen LogP contribution is 2.25. The van der Waals surface area contributed by atoms with Gasteiger partial charge in [-0.25, -0.2) is 9.59 Å². The van der Waals surface area contributed by atoms with Gasteiger partial charge >= 0.3 is 11.8 Å². The highest BCUT2D eigenvalue weighted by atomic mass is 35.5. The summed E-state index contributed by atoms with van der Waals surface area (Å²) in [7, 11) is 0. The molecule has 1 aromatic heterocycles. The van der Waals surface area contributed by atoms with Gasteiger partial charge in [0, 0.05) is 5.02 Å². The molecule has 0 amide bonds. The molecule has 0 aliphatic heterocycles. The van der Waals surface area contributed by atoms with Gasteiger partial charge in [0.05, 0.1) is 22.7 Å². The van der Waals surface area contributed by atoms with Gasteiger partial charge in [0.1, 0.15) is 0 Å². The van der Waals surface area contributed by atoms with Crippen molar-refractivity contribution < 1.29 is 9.53 Å². The molecule has 0 fully saturated rings. The monoisotopic (exact) mass is 274 g/mol. The summed E-state index contributed by atoms with van der Waals surface area (Å²) >= 11 is 11.7. The van der Waals surface area contributed by atoms with Gasteiger partial charge < -0.3 is 9.72 Å². The number of hydrogen-bond acceptors (Lipinski definition) is 3. The van der Waals surface area contributed by atoms with Crippen LogP contribution in [0.3, 0.4) is 0 Å². The third-order valence-electron chi connectivity index (χ3n) is 2.16. The quantitative estimate of drug-likeness (QED) is 0.870. The van der Waals surface area contributed by atoms with Crippen LogP contribution in [0.1, 0.15) is 6.92 Å². The Morgan fingerprint density at radius 1 is 1.47 bits per heavy atom. The first kappa shape index (κ1) is 12.0. The molecule has 90 valence electrons. The normalized spacial score (nSPS) is 10.8. The number of aromatic amines is 1. The van der Waals surface area contributed by atoms with Crippen molar-refractivity contribution >= 4 is 40.3 Å². The Morgan fingerprint density at radius 2 is 2.18 bits per heavy atom. The van der Waals surface area contributed by atoms with Crippen molar-refractivity contribution in [3.05, 3.63) is 32.7 Å². The summed E-state index contributed by atoms with van der Waals surface area (Å²) < 4.78 is 5.63. The number of ether oxygens (including phenoxy) is 1. The van der Waals surface area contributed by atoms with Crippen LogP contribution in [0.2, 0.25) is 10.0 Å². The van der Waals surface area contributed by atoms with Crippen molar-refractivity contribution in [1.82, 2.24) is 9.55 Å². The molecule has 17 heavy (non-hydrogen) atoms. The maximum Gasteiger partial charge on any atom is 0.422 e. The number of fused-ring (bicyclic) bond motifs is 1. The number of carbonyl (C=O) groups is 1. The molecule has 2 aromatic rings. The van der Waals surface area contributed by atoms with E-state index in [-0.39, 0.29) is 11.6 Å². The van der Waals surface area contributed by atoms with Crippen LogP contribution in [0.5, 0.6) is 0 Å². The van der Waals surface area contributed by atoms with Gasteiger partial charge in [-0.05, 0) is 19.1 Å². The fraction of sp³-hybridized carbons (Fsp3) is 0.200. The van der Waals surface area contributed by atoms with Crippen LogP contribution < -0.4 is 5.69 Å². The molecule has 7 heteroatoms. The number of halogens is 2. The zero-order valence-electron chi connectivity index (χ0n) is 8.79. The van der Waals surface area contributed by atoms with Crippen LogP contribution in [-0.4, -0.2) is 22.3 Å². The highest BCUT2D eigenvalue weighted by molar-refractivity contribution is 6.38. The fourth-order valence-electron chi connectivity index (χ4n) is 1.50. The predicted molar refractivity (Wildman–Crippen MR) is 65.0 cm³/mol. The van der Waals surface area contributed by atoms with Crippen molar-refractivity contribution in [3.63, 3.8) is 0 Å². The van der Waals surface area contributed by atoms with Crippen LogP contribution in [0, 0.1) is 0 Å². The lowest BCUT2D eigenvalue weighted by atomic mass is 10.3. The summed E-state index contributed by atoms with van der Waals surface area (Å²) in [5.74, 6) is 0. The minimum absolute atomic E-state index is 0.173. The fourth-order valence-corrected chi connectivity index (χ4v) is 2.03. The molecule has 0 atom stereocenters. The van der Waals surface area contributed by atoms with Crippen molar-refractivity contribution in [2.24, 2.45) is 0 Å². The largest absolute Gasteiger partial charge is 0.449 e. The van der Waals surface area contributed by atoms with Gasteiger partial charge in [0.25, 0.3) is 0 Å². The van der Waals surface area contributed by atoms with E-state index in [1.165, 1.54) is 12.1 Å². The molecular weight excluding hydrogens is 267 g/mol. The van der Waals surface area contributed by atoms with Crippen molar-refractivity contribution in [1.29, 1.82) is 0 Å². The van der Waals surface area contributed by atoms with Gasteiger partial charge in [-0.1, -0.05) is 23.2 Å². The van der Waals surface area contributed by atoms with Gasteiger partial charge in [-0.15, -0.1) is 0 Å². The van der Waals surface area contributed by atoms with Crippen LogP contribution in [0.25, 0.3) is 11.0 Å². The summed E-state index contributed by atoms with van der Waals surface area (Å²) in [4.78, 5) is 25.7. The Bertz CT molecular complexity index is 645. The van der Waals surface area contributed by atoms with E-state index in [1.54, 1.807) is 6.92 Å². The smallest absolute Gasteiger partial charge is 0.422 e. The summed E-state index contributed by atoms with van der Waals surface area (Å²) in [5.41, 5.74) is 0.0442. The van der Waals surface area contributed by atoms with Crippen molar-refractivity contribution in [3.8, 4) is 0 Å². The standard InChI is InChI=1S/C10H8Cl2N2O3/c1-2-17-10(16)14-7-4-5(11)3-6(12)8(7)13-9(14)15/h3-4H,2H2,1H3,(H,13,15). The Morgan fingerprint density at radius 3 is 2.82 bits per heavy atom. The number of rotatable bonds is 1. The Kier molecular flexibility index (Phi) is 3.13. The second-order valence-electron chi connectivity index (χ2n) is 3.25. The van der Waals surface area contributed by atoms with Crippen molar-refractivity contribution in [2.75, 3.05) is 6.61 Å². The number of hydrogen-bond donors (Lipinski definition) is 1. The molecule has 0 radical (unpaired) electrons. The van der Waals surface area contributed by atoms with Gasteiger partial charge in [-0.3, -0.25) is 0 Å². The molecule has 2 rings (SSSR count). The van der Waals surface area contributed by atoms with Gasteiger partial charge in [-0.2, -0.15) is 4.57 Å². The lowest BCUT2D eigenvalue weighted by molar-refractivity contribution is 0.154. The topological polar surface area (TPSA) is 64.1 Å². The summed E-state index contributed by atoms with van der Waals surface area (Å²) in [6.07, 6.45) is -0.762. The lowest BCUT2D eigenvalue weighted by Crippen LogP contribution is -2.25. The summed E-state index contributed by atoms with van der Waals surface area (Å²) in [6, 6.07) is 2.95. The van der Waals surface area contributed by atoms with E-state index in [1.807, 2.05) is 0 Å². The Hall–Kier alpha value is -1.46. The van der Waals surface area contributed by atoms with Crippen LogP contribution >= 0.6 is 23.2 Å². The molecular formula is C10H8Cl2N2O3. The highest BCUT2D eigenvalue weighted by Gasteiger charge is 2.17. The summed E-state index contributed by atoms with van der Waals surface area (Å²) in [6.45, 7) is 1.82. The number of benzene rings is 1. The minimum atomic E-state index is -0.762. The first-order chi connectivity index (χ1) is 8.04. The average Bonchev–Trinajstić information content (AvgIpc) is 2.55. The van der Waals surface area contributed by atoms with E-state index in [0.29, 0.717) is 16.1 Å². The SMILES string of the molecule is CCOC(=O)n1c(=O)[nH]c2c(Cl)cc(Cl)cc21. The van der Waals surface area contributed by atoms with Gasteiger partial charge in [0.2, 0.25) is 0 Å². The van der Waals surface area contributed by atoms with Gasteiger partial charge in [0.15, 0.2) is 0 Å². The molecule has 0 unspecified atom stereocenters. The molecule has 0 saturated heterocycles. The molecule has 5 nitrogen and oxygen atoms in total.